The van der Waals surface area contributed by atoms with Crippen LogP contribution in [0.4, 0.5) is 23.1 Å². The van der Waals surface area contributed by atoms with E-state index >= 15 is 0 Å². The van der Waals surface area contributed by atoms with Crippen molar-refractivity contribution in [1.29, 1.82) is 0 Å². The topological polar surface area (TPSA) is 116 Å². The average Bonchev–Trinajstić information content (AvgIpc) is 3.17. The van der Waals surface area contributed by atoms with Crippen LogP contribution >= 0.6 is 0 Å². The molecule has 3 heterocycles. The molecule has 0 radical (unpaired) electrons. The number of nitrogens with zero attached hydrogens (tertiary/aromatic N) is 6. The number of hydrogen-bond donors (Lipinski definition) is 2. The number of rotatable bonds is 6. The van der Waals surface area contributed by atoms with E-state index in [1.54, 1.807) is 12.1 Å². The second kappa shape index (κ2) is 8.92. The first-order valence-corrected chi connectivity index (χ1v) is 10.0. The van der Waals surface area contributed by atoms with Gasteiger partial charge < -0.3 is 15.1 Å². The molecule has 1 aliphatic rings. The molecular weight excluding hydrogens is 396 g/mol. The summed E-state index contributed by atoms with van der Waals surface area (Å²) in [6.45, 7) is 4.76. The molecule has 31 heavy (non-hydrogen) atoms. The summed E-state index contributed by atoms with van der Waals surface area (Å²) in [7, 11) is 2.03. The Hall–Kier alpha value is -3.79. The van der Waals surface area contributed by atoms with E-state index in [1.165, 1.54) is 0 Å². The van der Waals surface area contributed by atoms with E-state index < -0.39 is 4.92 Å². The quantitative estimate of drug-likeness (QED) is 0.462. The highest BCUT2D eigenvalue weighted by Crippen LogP contribution is 2.35. The Bertz CT molecular complexity index is 1090. The van der Waals surface area contributed by atoms with Crippen molar-refractivity contribution in [2.45, 2.75) is 6.92 Å². The maximum Gasteiger partial charge on any atom is 0.353 e. The Morgan fingerprint density at radius 3 is 2.52 bits per heavy atom. The van der Waals surface area contributed by atoms with Crippen LogP contribution in [0.5, 0.6) is 0 Å². The molecule has 0 bridgehead atoms. The summed E-state index contributed by atoms with van der Waals surface area (Å²) in [6.07, 6.45) is 3.65. The fraction of sp³-hybridized carbons (Fsp3) is 0.286. The van der Waals surface area contributed by atoms with E-state index in [-0.39, 0.29) is 11.5 Å². The van der Waals surface area contributed by atoms with Crippen LogP contribution < -0.4 is 10.2 Å². The third-order valence-corrected chi connectivity index (χ3v) is 5.05. The maximum absolute atomic E-state index is 12.0. The number of likely N-dealkylation sites (N-methyl/N-ethyl adjacent to an activating group) is 1. The number of hydrogen-bond acceptors (Lipinski definition) is 8. The van der Waals surface area contributed by atoms with Crippen LogP contribution in [-0.2, 0) is 0 Å². The van der Waals surface area contributed by atoms with E-state index in [1.807, 2.05) is 55.3 Å². The van der Waals surface area contributed by atoms with Gasteiger partial charge in [-0.2, -0.15) is 5.10 Å². The summed E-state index contributed by atoms with van der Waals surface area (Å²) in [5, 5.41) is 22.0. The molecule has 1 aliphatic heterocycles. The molecule has 0 unspecified atom stereocenters. The smallest absolute Gasteiger partial charge is 0.348 e. The SMILES string of the molecule is Cc1cc(Nc2nc(/C=C/c3ccccc3)nc(N3CCN(C)CC3)c2[N+](=O)[O-])n[nH]1. The summed E-state index contributed by atoms with van der Waals surface area (Å²) in [5.41, 5.74) is 1.67. The number of nitrogens with one attached hydrogen (secondary N) is 2. The number of aromatic nitrogens is 4. The largest absolute Gasteiger partial charge is 0.353 e. The van der Waals surface area contributed by atoms with Gasteiger partial charge in [-0.05, 0) is 25.6 Å². The lowest BCUT2D eigenvalue weighted by Gasteiger charge is -2.33. The van der Waals surface area contributed by atoms with Gasteiger partial charge in [-0.1, -0.05) is 36.4 Å². The van der Waals surface area contributed by atoms with E-state index in [2.05, 4.69) is 30.4 Å². The molecule has 1 fully saturated rings. The van der Waals surface area contributed by atoms with Crippen molar-refractivity contribution in [2.75, 3.05) is 43.4 Å². The number of benzene rings is 1. The fourth-order valence-electron chi connectivity index (χ4n) is 3.37. The van der Waals surface area contributed by atoms with E-state index in [0.29, 0.717) is 30.5 Å². The van der Waals surface area contributed by atoms with Crippen LogP contribution in [0.15, 0.2) is 36.4 Å². The summed E-state index contributed by atoms with van der Waals surface area (Å²) in [5.74, 6) is 1.28. The molecule has 10 heteroatoms. The molecule has 0 saturated carbocycles. The van der Waals surface area contributed by atoms with Gasteiger partial charge in [-0.3, -0.25) is 15.2 Å². The summed E-state index contributed by atoms with van der Waals surface area (Å²) >= 11 is 0. The highest BCUT2D eigenvalue weighted by molar-refractivity contribution is 5.77. The normalized spacial score (nSPS) is 14.8. The van der Waals surface area contributed by atoms with Gasteiger partial charge in [-0.25, -0.2) is 9.97 Å². The van der Waals surface area contributed by atoms with Crippen molar-refractivity contribution in [2.24, 2.45) is 0 Å². The molecule has 10 nitrogen and oxygen atoms in total. The molecule has 0 atom stereocenters. The molecule has 0 aliphatic carbocycles. The molecule has 1 saturated heterocycles. The Balaban J connectivity index is 1.77. The lowest BCUT2D eigenvalue weighted by Crippen LogP contribution is -2.45. The number of piperazine rings is 1. The minimum atomic E-state index is -0.430. The van der Waals surface area contributed by atoms with Gasteiger partial charge in [0.15, 0.2) is 11.6 Å². The Labute approximate surface area is 179 Å². The minimum absolute atomic E-state index is 0.119. The lowest BCUT2D eigenvalue weighted by molar-refractivity contribution is -0.383. The average molecular weight is 420 g/mol. The third kappa shape index (κ3) is 4.86. The molecule has 160 valence electrons. The molecule has 1 aromatic carbocycles. The molecule has 2 N–H and O–H groups in total. The van der Waals surface area contributed by atoms with Crippen LogP contribution in [-0.4, -0.2) is 63.2 Å². The van der Waals surface area contributed by atoms with Crippen molar-refractivity contribution < 1.29 is 4.92 Å². The second-order valence-corrected chi connectivity index (χ2v) is 7.46. The van der Waals surface area contributed by atoms with Crippen LogP contribution in [0, 0.1) is 17.0 Å². The van der Waals surface area contributed by atoms with Crippen LogP contribution in [0.1, 0.15) is 17.1 Å². The van der Waals surface area contributed by atoms with Gasteiger partial charge in [0, 0.05) is 37.9 Å². The number of anilines is 3. The number of H-pyrrole nitrogens is 1. The highest BCUT2D eigenvalue weighted by Gasteiger charge is 2.30. The Kier molecular flexibility index (Phi) is 5.89. The molecule has 4 rings (SSSR count). The van der Waals surface area contributed by atoms with Gasteiger partial charge >= 0.3 is 5.69 Å². The van der Waals surface area contributed by atoms with Gasteiger partial charge in [0.05, 0.1) is 4.92 Å². The molecule has 2 aromatic heterocycles. The zero-order chi connectivity index (χ0) is 21.8. The van der Waals surface area contributed by atoms with Crippen molar-refractivity contribution in [3.8, 4) is 0 Å². The standard InChI is InChI=1S/C21H24N8O2/c1-15-14-18(26-25-15)23-20-19(29(30)31)21(28-12-10-27(2)11-13-28)24-17(22-20)9-8-16-6-4-3-5-7-16/h3-9,14H,10-13H2,1-2H3,(H2,22,23,24,25,26)/b9-8+. The first-order valence-electron chi connectivity index (χ1n) is 10.0. The number of nitro groups is 1. The van der Waals surface area contributed by atoms with Gasteiger partial charge in [-0.15, -0.1) is 0 Å². The minimum Gasteiger partial charge on any atom is -0.348 e. The fourth-order valence-corrected chi connectivity index (χ4v) is 3.37. The van der Waals surface area contributed by atoms with E-state index in [4.69, 9.17) is 0 Å². The van der Waals surface area contributed by atoms with Crippen molar-refractivity contribution in [3.05, 3.63) is 63.6 Å². The third-order valence-electron chi connectivity index (χ3n) is 5.05. The van der Waals surface area contributed by atoms with Crippen LogP contribution in [0.2, 0.25) is 0 Å². The maximum atomic E-state index is 12.0. The molecule has 0 spiro atoms. The van der Waals surface area contributed by atoms with Gasteiger partial charge in [0.1, 0.15) is 0 Å². The molecule has 0 amide bonds. The lowest BCUT2D eigenvalue weighted by atomic mass is 10.2. The summed E-state index contributed by atoms with van der Waals surface area (Å²) in [6, 6.07) is 11.5. The highest BCUT2D eigenvalue weighted by atomic mass is 16.6. The molecular formula is C21H24N8O2. The van der Waals surface area contributed by atoms with E-state index in [9.17, 15) is 10.1 Å². The summed E-state index contributed by atoms with van der Waals surface area (Å²) < 4.78 is 0. The zero-order valence-corrected chi connectivity index (χ0v) is 17.4. The predicted octanol–water partition coefficient (Wildman–Crippen LogP) is 3.08. The first kappa shape index (κ1) is 20.5. The van der Waals surface area contributed by atoms with E-state index in [0.717, 1.165) is 24.3 Å². The number of aromatic amines is 1. The Morgan fingerprint density at radius 2 is 1.87 bits per heavy atom. The van der Waals surface area contributed by atoms with Crippen molar-refractivity contribution >= 4 is 35.3 Å². The summed E-state index contributed by atoms with van der Waals surface area (Å²) in [4.78, 5) is 24.7. The molecule has 3 aromatic rings. The van der Waals surface area contributed by atoms with Crippen molar-refractivity contribution in [1.82, 2.24) is 25.1 Å². The van der Waals surface area contributed by atoms with Crippen molar-refractivity contribution in [3.63, 3.8) is 0 Å². The predicted molar refractivity (Wildman–Crippen MR) is 120 cm³/mol. The van der Waals surface area contributed by atoms with Gasteiger partial charge in [0.25, 0.3) is 0 Å². The zero-order valence-electron chi connectivity index (χ0n) is 17.4. The number of aryl methyl sites for hydroxylation is 1. The Morgan fingerprint density at radius 1 is 1.13 bits per heavy atom. The first-order chi connectivity index (χ1) is 15.0. The van der Waals surface area contributed by atoms with Crippen LogP contribution in [0.3, 0.4) is 0 Å². The van der Waals surface area contributed by atoms with Gasteiger partial charge in [0.2, 0.25) is 11.6 Å². The second-order valence-electron chi connectivity index (χ2n) is 7.46. The monoisotopic (exact) mass is 420 g/mol. The van der Waals surface area contributed by atoms with Crippen LogP contribution in [0.25, 0.3) is 12.2 Å².